The number of aromatic carboxylic acids is 2. The first-order chi connectivity index (χ1) is 29.7. The van der Waals surface area contributed by atoms with Crippen LogP contribution in [0.5, 0.6) is 17.5 Å². The molecule has 2 heterocycles. The number of nitrogens with two attached hydrogens (primary N) is 1. The molecule has 2 amide bonds. The van der Waals surface area contributed by atoms with E-state index in [4.69, 9.17) is 67.1 Å². The highest BCUT2D eigenvalue weighted by Crippen LogP contribution is 2.39. The van der Waals surface area contributed by atoms with Gasteiger partial charge in [-0.2, -0.15) is 45.8 Å². The number of hydrogen-bond acceptors (Lipinski definition) is 14. The van der Waals surface area contributed by atoms with Gasteiger partial charge in [-0.05, 0) is 36.4 Å². The molecule has 0 aliphatic heterocycles. The fourth-order valence-corrected chi connectivity index (χ4v) is 6.70. The van der Waals surface area contributed by atoms with Crippen LogP contribution in [-0.4, -0.2) is 81.6 Å². The number of sulfonamides is 1. The van der Waals surface area contributed by atoms with E-state index in [0.29, 0.717) is 18.2 Å². The molecular weight excluding hydrogens is 995 g/mol. The van der Waals surface area contributed by atoms with Crippen LogP contribution in [-0.2, 0) is 16.2 Å². The number of carbonyl (C=O) groups is 3. The van der Waals surface area contributed by atoms with Crippen molar-refractivity contribution < 1.29 is 82.9 Å². The minimum Gasteiger partial charge on any atom is -0.494 e. The molecule has 5 aromatic rings. The molecule has 0 saturated heterocycles. The minimum atomic E-state index is -4.71. The number of carboxylic acid groups (broad SMARTS) is 2. The second-order valence-electron chi connectivity index (χ2n) is 11.1. The Morgan fingerprint density at radius 3 is 1.84 bits per heavy atom. The Morgan fingerprint density at radius 2 is 1.41 bits per heavy atom. The van der Waals surface area contributed by atoms with E-state index in [9.17, 15) is 63.6 Å². The number of carbonyl (C=O) groups excluding carboxylic acids is 1. The van der Waals surface area contributed by atoms with Crippen molar-refractivity contribution >= 4 is 91.9 Å². The number of ether oxygens (including phenoxy) is 3. The highest BCUT2D eigenvalue weighted by atomic mass is 35.5. The Kier molecular flexibility index (Phi) is 17.5. The molecule has 0 atom stereocenters. The molecule has 0 unspecified atom stereocenters. The number of benzene rings is 3. The third-order valence-electron chi connectivity index (χ3n) is 6.97. The maximum absolute atomic E-state index is 12.6. The van der Waals surface area contributed by atoms with Crippen molar-refractivity contribution in [1.82, 2.24) is 24.5 Å². The Hall–Kier alpha value is -6.62. The van der Waals surface area contributed by atoms with Crippen molar-refractivity contribution in [3.63, 3.8) is 0 Å². The van der Waals surface area contributed by atoms with Crippen LogP contribution in [0.15, 0.2) is 65.7 Å². The molecule has 0 fully saturated rings. The lowest BCUT2D eigenvalue weighted by molar-refractivity contribution is -0.383. The van der Waals surface area contributed by atoms with Gasteiger partial charge in [0.05, 0.1) is 49.3 Å². The number of urea groups is 1. The molecule has 6 N–H and O–H groups in total. The highest BCUT2D eigenvalue weighted by molar-refractivity contribution is 7.90. The molecule has 2 aromatic heterocycles. The van der Waals surface area contributed by atoms with E-state index in [1.807, 2.05) is 0 Å². The van der Waals surface area contributed by atoms with Gasteiger partial charge >= 0.3 is 43.1 Å². The van der Waals surface area contributed by atoms with Crippen molar-refractivity contribution in [2.24, 2.45) is 0 Å². The summed E-state index contributed by atoms with van der Waals surface area (Å²) in [5, 5.41) is 33.4. The standard InChI is InChI=1S/C14H10F4N4O7S.C10H5Cl2F3N4O2.C8H6Cl2O3/c15-11(16)28-8-5-9(29-12(17)18)20-13(19-8)21-14(25)22-30(26,27)7-4-2-1-3-6(7)10(23)24;11-5-1-4(10(13,14)15)2-6(12)8(5)18-9(16)7(3-17-18)19(20)21;1-13-7-5(10)3-2-4(9)6(7)8(11)12/h1-5,11-12H,(H,23,24)(H2,19,20,21,22,25);1-3H,16H2;2-3H,1H3,(H,11,12). The topological polar surface area (TPSA) is 290 Å². The molecule has 5 rings (SSSR count). The second kappa shape index (κ2) is 21.6. The van der Waals surface area contributed by atoms with E-state index in [-0.39, 0.29) is 37.1 Å². The molecule has 20 nitrogen and oxygen atoms in total. The molecule has 64 heavy (non-hydrogen) atoms. The van der Waals surface area contributed by atoms with Crippen LogP contribution in [0.4, 0.5) is 53.0 Å². The number of anilines is 2. The van der Waals surface area contributed by atoms with E-state index in [0.717, 1.165) is 23.0 Å². The first-order valence-electron chi connectivity index (χ1n) is 15.9. The van der Waals surface area contributed by atoms with Crippen LogP contribution in [0.2, 0.25) is 20.1 Å². The summed E-state index contributed by atoms with van der Waals surface area (Å²) < 4.78 is 127. The first-order valence-corrected chi connectivity index (χ1v) is 18.9. The van der Waals surface area contributed by atoms with Crippen LogP contribution in [0.25, 0.3) is 5.69 Å². The van der Waals surface area contributed by atoms with Gasteiger partial charge in [-0.25, -0.2) is 32.2 Å². The highest BCUT2D eigenvalue weighted by Gasteiger charge is 2.33. The Bertz CT molecular complexity index is 2630. The third kappa shape index (κ3) is 13.7. The first kappa shape index (κ1) is 51.7. The van der Waals surface area contributed by atoms with Crippen LogP contribution < -0.4 is 30.0 Å². The summed E-state index contributed by atoms with van der Waals surface area (Å²) in [7, 11) is -3.38. The zero-order valence-corrected chi connectivity index (χ0v) is 34.6. The quantitative estimate of drug-likeness (QED) is 0.0446. The maximum Gasteiger partial charge on any atom is 0.416 e. The molecule has 0 aliphatic rings. The van der Waals surface area contributed by atoms with Gasteiger partial charge < -0.3 is 30.2 Å². The van der Waals surface area contributed by atoms with Gasteiger partial charge in [-0.1, -0.05) is 58.5 Å². The van der Waals surface area contributed by atoms with Crippen LogP contribution >= 0.6 is 46.4 Å². The van der Waals surface area contributed by atoms with Crippen LogP contribution in [0.3, 0.4) is 0 Å². The fourth-order valence-electron chi connectivity index (χ4n) is 4.48. The molecule has 0 spiro atoms. The van der Waals surface area contributed by atoms with Crippen LogP contribution in [0.1, 0.15) is 26.3 Å². The van der Waals surface area contributed by atoms with E-state index in [2.05, 4.69) is 24.5 Å². The lowest BCUT2D eigenvalue weighted by Gasteiger charge is -2.12. The number of carboxylic acids is 2. The summed E-state index contributed by atoms with van der Waals surface area (Å²) in [4.78, 5) is 49.5. The van der Waals surface area contributed by atoms with Gasteiger partial charge in [0.1, 0.15) is 22.3 Å². The largest absolute Gasteiger partial charge is 0.494 e. The average molecular weight is 1020 g/mol. The maximum atomic E-state index is 12.6. The number of halogens is 11. The zero-order valence-electron chi connectivity index (χ0n) is 30.8. The number of nitrogen functional groups attached to an aromatic ring is 1. The predicted octanol–water partition coefficient (Wildman–Crippen LogP) is 8.28. The Labute approximate surface area is 371 Å². The Balaban J connectivity index is 0.000000277. The summed E-state index contributed by atoms with van der Waals surface area (Å²) in [5.41, 5.74) is 3.02. The smallest absolute Gasteiger partial charge is 0.416 e. The van der Waals surface area contributed by atoms with Gasteiger partial charge in [-0.15, -0.1) is 0 Å². The molecule has 0 bridgehead atoms. The lowest BCUT2D eigenvalue weighted by atomic mass is 10.2. The van der Waals surface area contributed by atoms with E-state index < -0.39 is 97.6 Å². The number of alkyl halides is 7. The van der Waals surface area contributed by atoms with E-state index in [1.165, 1.54) is 36.1 Å². The Morgan fingerprint density at radius 1 is 0.875 bits per heavy atom. The summed E-state index contributed by atoms with van der Waals surface area (Å²) in [6.07, 6.45) is -3.78. The predicted molar refractivity (Wildman–Crippen MR) is 208 cm³/mol. The lowest BCUT2D eigenvalue weighted by Crippen LogP contribution is -2.35. The van der Waals surface area contributed by atoms with Crippen molar-refractivity contribution in [3.8, 4) is 23.2 Å². The number of methoxy groups -OCH3 is 1. The number of nitrogens with one attached hydrogen (secondary N) is 2. The fraction of sp³-hybridized carbons (Fsp3) is 0.125. The average Bonchev–Trinajstić information content (AvgIpc) is 3.55. The summed E-state index contributed by atoms with van der Waals surface area (Å²) in [6.45, 7) is -6.82. The third-order valence-corrected chi connectivity index (χ3v) is 9.55. The van der Waals surface area contributed by atoms with Crippen molar-refractivity contribution in [2.45, 2.75) is 24.3 Å². The van der Waals surface area contributed by atoms with Crippen LogP contribution in [0, 0.1) is 10.1 Å². The van der Waals surface area contributed by atoms with Crippen molar-refractivity contribution in [1.29, 1.82) is 0 Å². The number of hydrogen-bond donors (Lipinski definition) is 5. The van der Waals surface area contributed by atoms with Gasteiger partial charge in [0.15, 0.2) is 5.75 Å². The van der Waals surface area contributed by atoms with Crippen molar-refractivity contribution in [2.75, 3.05) is 18.2 Å². The minimum absolute atomic E-state index is 0.0849. The number of amides is 2. The SMILES string of the molecule is COc1c(Cl)ccc(Cl)c1C(=O)O.Nc1c([N+](=O)[O-])cnn1-c1c(Cl)cc(C(F)(F)F)cc1Cl.O=C(Nc1nc(OC(F)F)cc(OC(F)F)n1)NS(=O)(=O)c1ccccc1C(=O)O. The molecule has 0 saturated carbocycles. The summed E-state index contributed by atoms with van der Waals surface area (Å²) in [5.74, 6) is -5.93. The number of nitrogens with zero attached hydrogens (tertiary/aromatic N) is 5. The number of nitro groups is 1. The molecule has 32 heteroatoms. The van der Waals surface area contributed by atoms with E-state index in [1.54, 1.807) is 5.32 Å². The second-order valence-corrected chi connectivity index (χ2v) is 14.4. The van der Waals surface area contributed by atoms with E-state index >= 15 is 0 Å². The zero-order chi connectivity index (χ0) is 48.4. The monoisotopic (exact) mass is 1010 g/mol. The van der Waals surface area contributed by atoms with Crippen molar-refractivity contribution in [3.05, 3.63) is 108 Å². The van der Waals surface area contributed by atoms with Gasteiger partial charge in [-0.3, -0.25) is 15.4 Å². The van der Waals surface area contributed by atoms with Gasteiger partial charge in [0.2, 0.25) is 23.5 Å². The molecule has 3 aromatic carbocycles. The normalized spacial score (nSPS) is 11.1. The molecule has 344 valence electrons. The van der Waals surface area contributed by atoms with Gasteiger partial charge in [0, 0.05) is 0 Å². The molecule has 0 aliphatic carbocycles. The molecular formula is C32H21Cl4F7N8O12S. The summed E-state index contributed by atoms with van der Waals surface area (Å²) >= 11 is 22.9. The summed E-state index contributed by atoms with van der Waals surface area (Å²) in [6, 6.07) is 7.39. The van der Waals surface area contributed by atoms with Gasteiger partial charge in [0.25, 0.3) is 10.0 Å². The number of rotatable bonds is 12. The number of aromatic nitrogens is 4. The molecule has 0 radical (unpaired) electrons.